The molecular weight excluding hydrogens is 468 g/mol. The van der Waals surface area contributed by atoms with E-state index in [9.17, 15) is 19.5 Å². The van der Waals surface area contributed by atoms with Crippen LogP contribution in [0.3, 0.4) is 0 Å². The van der Waals surface area contributed by atoms with E-state index in [1.54, 1.807) is 11.0 Å². The summed E-state index contributed by atoms with van der Waals surface area (Å²) < 4.78 is 0. The van der Waals surface area contributed by atoms with Crippen LogP contribution in [0.15, 0.2) is 48.5 Å². The third kappa shape index (κ3) is 6.74. The second-order valence-electron chi connectivity index (χ2n) is 8.86. The number of amides is 3. The summed E-state index contributed by atoms with van der Waals surface area (Å²) in [6.45, 7) is 3.97. The average molecular weight is 501 g/mol. The van der Waals surface area contributed by atoms with E-state index in [2.05, 4.69) is 17.7 Å². The molecule has 3 rings (SSSR count). The van der Waals surface area contributed by atoms with E-state index in [1.165, 1.54) is 17.5 Å². The van der Waals surface area contributed by atoms with Gasteiger partial charge in [-0.3, -0.25) is 24.8 Å². The van der Waals surface area contributed by atoms with E-state index >= 15 is 0 Å². The molecule has 2 aromatic rings. The zero-order chi connectivity index (χ0) is 25.4. The van der Waals surface area contributed by atoms with Crippen molar-refractivity contribution in [3.63, 3.8) is 0 Å². The maximum Gasteiger partial charge on any atom is 0.248 e. The van der Waals surface area contributed by atoms with Crippen LogP contribution in [0.5, 0.6) is 0 Å². The van der Waals surface area contributed by atoms with Gasteiger partial charge >= 0.3 is 0 Å². The molecule has 1 fully saturated rings. The van der Waals surface area contributed by atoms with Crippen molar-refractivity contribution in [1.82, 2.24) is 15.2 Å². The average Bonchev–Trinajstić information content (AvgIpc) is 2.88. The lowest BCUT2D eigenvalue weighted by Crippen LogP contribution is -2.56. The summed E-state index contributed by atoms with van der Waals surface area (Å²) in [6.07, 6.45) is 1.62. The fourth-order valence-corrected chi connectivity index (χ4v) is 4.45. The van der Waals surface area contributed by atoms with E-state index in [1.807, 2.05) is 42.5 Å². The molecular formula is C26H33ClN4O4. The molecule has 0 bridgehead atoms. The molecule has 1 aliphatic heterocycles. The summed E-state index contributed by atoms with van der Waals surface area (Å²) in [4.78, 5) is 39.7. The van der Waals surface area contributed by atoms with Crippen molar-refractivity contribution in [3.8, 4) is 0 Å². The Kier molecular flexibility index (Phi) is 9.12. The number of carbonyl (C=O) groups is 3. The van der Waals surface area contributed by atoms with Crippen LogP contribution in [0.25, 0.3) is 0 Å². The summed E-state index contributed by atoms with van der Waals surface area (Å²) in [6, 6.07) is 15.1. The van der Waals surface area contributed by atoms with Crippen molar-refractivity contribution >= 4 is 35.0 Å². The van der Waals surface area contributed by atoms with Gasteiger partial charge in [-0.1, -0.05) is 48.9 Å². The highest BCUT2D eigenvalue weighted by atomic mass is 35.5. The highest BCUT2D eigenvalue weighted by Gasteiger charge is 2.44. The lowest BCUT2D eigenvalue weighted by molar-refractivity contribution is -0.145. The number of anilines is 1. The van der Waals surface area contributed by atoms with Crippen molar-refractivity contribution in [3.05, 3.63) is 64.7 Å². The zero-order valence-corrected chi connectivity index (χ0v) is 21.0. The molecule has 9 heteroatoms. The molecule has 0 unspecified atom stereocenters. The molecule has 0 spiro atoms. The third-order valence-electron chi connectivity index (χ3n) is 6.55. The molecule has 8 nitrogen and oxygen atoms in total. The first kappa shape index (κ1) is 26.5. The zero-order valence-electron chi connectivity index (χ0n) is 20.2. The van der Waals surface area contributed by atoms with Crippen LogP contribution in [0, 0.1) is 5.41 Å². The maximum absolute atomic E-state index is 13.6. The SMILES string of the molecule is CCc1ccc(NN(CC2(C(=O)NCc3ccccc3Cl)CCN(C(=O)CO)CC2)C(C)=O)cc1. The maximum atomic E-state index is 13.6. The van der Waals surface area contributed by atoms with E-state index in [-0.39, 0.29) is 30.8 Å². The largest absolute Gasteiger partial charge is 0.387 e. The van der Waals surface area contributed by atoms with Crippen molar-refractivity contribution in [2.75, 3.05) is 31.7 Å². The first-order valence-corrected chi connectivity index (χ1v) is 12.2. The number of aliphatic hydroxyl groups is 1. The minimum atomic E-state index is -0.921. The van der Waals surface area contributed by atoms with Gasteiger partial charge in [0, 0.05) is 31.6 Å². The molecule has 188 valence electrons. The molecule has 0 aliphatic carbocycles. The van der Waals surface area contributed by atoms with Crippen LogP contribution >= 0.6 is 11.6 Å². The molecule has 0 aromatic heterocycles. The standard InChI is InChI=1S/C26H33ClN4O4/c1-3-20-8-10-22(11-9-20)29-31(19(2)33)18-26(12-14-30(15-13-26)24(34)17-32)25(35)28-16-21-6-4-5-7-23(21)27/h4-11,29,32H,3,12-18H2,1-2H3,(H,28,35). The smallest absolute Gasteiger partial charge is 0.248 e. The fraction of sp³-hybridized carbons (Fsp3) is 0.423. The Morgan fingerprint density at radius 1 is 1.09 bits per heavy atom. The van der Waals surface area contributed by atoms with Gasteiger partial charge in [-0.05, 0) is 48.6 Å². The number of carbonyl (C=O) groups excluding carboxylic acids is 3. The highest BCUT2D eigenvalue weighted by molar-refractivity contribution is 6.31. The Bertz CT molecular complexity index is 1040. The van der Waals surface area contributed by atoms with E-state index in [0.29, 0.717) is 31.0 Å². The number of hydrogen-bond acceptors (Lipinski definition) is 5. The van der Waals surface area contributed by atoms with E-state index in [4.69, 9.17) is 11.6 Å². The summed E-state index contributed by atoms with van der Waals surface area (Å²) >= 11 is 6.25. The molecule has 35 heavy (non-hydrogen) atoms. The molecule has 3 amide bonds. The highest BCUT2D eigenvalue weighted by Crippen LogP contribution is 2.34. The normalized spacial score (nSPS) is 14.8. The van der Waals surface area contributed by atoms with Crippen LogP contribution in [0.2, 0.25) is 5.02 Å². The Labute approximate surface area is 211 Å². The Morgan fingerprint density at radius 2 is 1.74 bits per heavy atom. The number of nitrogens with one attached hydrogen (secondary N) is 2. The fourth-order valence-electron chi connectivity index (χ4n) is 4.25. The van der Waals surface area contributed by atoms with Crippen molar-refractivity contribution in [1.29, 1.82) is 0 Å². The second kappa shape index (κ2) is 12.0. The van der Waals surface area contributed by atoms with E-state index < -0.39 is 12.0 Å². The number of likely N-dealkylation sites (tertiary alicyclic amines) is 1. The van der Waals surface area contributed by atoms with Crippen LogP contribution in [0.4, 0.5) is 5.69 Å². The van der Waals surface area contributed by atoms with Gasteiger partial charge in [0.1, 0.15) is 6.61 Å². The van der Waals surface area contributed by atoms with Crippen LogP contribution < -0.4 is 10.7 Å². The minimum Gasteiger partial charge on any atom is -0.387 e. The Balaban J connectivity index is 1.80. The molecule has 3 N–H and O–H groups in total. The number of aryl methyl sites for hydroxylation is 1. The Morgan fingerprint density at radius 3 is 2.31 bits per heavy atom. The summed E-state index contributed by atoms with van der Waals surface area (Å²) in [5.41, 5.74) is 4.95. The van der Waals surface area contributed by atoms with Crippen LogP contribution in [-0.2, 0) is 27.3 Å². The number of piperidine rings is 1. The molecule has 1 aliphatic rings. The molecule has 2 aromatic carbocycles. The number of hydrazine groups is 1. The predicted octanol–water partition coefficient (Wildman–Crippen LogP) is 3.00. The van der Waals surface area contributed by atoms with E-state index in [0.717, 1.165) is 17.7 Å². The van der Waals surface area contributed by atoms with Crippen molar-refractivity contribution < 1.29 is 19.5 Å². The number of rotatable bonds is 9. The number of aliphatic hydroxyl groups excluding tert-OH is 1. The second-order valence-corrected chi connectivity index (χ2v) is 9.27. The topological polar surface area (TPSA) is 102 Å². The van der Waals surface area contributed by atoms with Gasteiger partial charge in [-0.25, -0.2) is 0 Å². The van der Waals surface area contributed by atoms with Crippen molar-refractivity contribution in [2.45, 2.75) is 39.7 Å². The monoisotopic (exact) mass is 500 g/mol. The van der Waals surface area contributed by atoms with Gasteiger partial charge in [0.15, 0.2) is 0 Å². The lowest BCUT2D eigenvalue weighted by atomic mass is 9.77. The lowest BCUT2D eigenvalue weighted by Gasteiger charge is -2.43. The molecule has 1 saturated heterocycles. The quantitative estimate of drug-likeness (QED) is 0.459. The van der Waals surface area contributed by atoms with Gasteiger partial charge in [-0.2, -0.15) is 0 Å². The molecule has 0 radical (unpaired) electrons. The molecule has 1 heterocycles. The van der Waals surface area contributed by atoms with Crippen LogP contribution in [-0.4, -0.2) is 59.0 Å². The van der Waals surface area contributed by atoms with Crippen molar-refractivity contribution in [2.24, 2.45) is 5.41 Å². The minimum absolute atomic E-state index is 0.132. The molecule has 0 atom stereocenters. The first-order chi connectivity index (χ1) is 16.8. The van der Waals surface area contributed by atoms with Gasteiger partial charge in [0.2, 0.25) is 17.7 Å². The summed E-state index contributed by atoms with van der Waals surface area (Å²) in [5.74, 6) is -0.799. The Hall–Kier alpha value is -3.10. The summed E-state index contributed by atoms with van der Waals surface area (Å²) in [7, 11) is 0. The van der Waals surface area contributed by atoms with Gasteiger partial charge < -0.3 is 15.3 Å². The summed E-state index contributed by atoms with van der Waals surface area (Å²) in [5, 5.41) is 14.2. The molecule has 0 saturated carbocycles. The number of halogens is 1. The predicted molar refractivity (Wildman–Crippen MR) is 135 cm³/mol. The van der Waals surface area contributed by atoms with Gasteiger partial charge in [-0.15, -0.1) is 0 Å². The van der Waals surface area contributed by atoms with Crippen LogP contribution in [0.1, 0.15) is 37.8 Å². The number of hydrogen-bond donors (Lipinski definition) is 3. The number of nitrogens with zero attached hydrogens (tertiary/aromatic N) is 2. The first-order valence-electron chi connectivity index (χ1n) is 11.8. The number of benzene rings is 2. The third-order valence-corrected chi connectivity index (χ3v) is 6.92. The van der Waals surface area contributed by atoms with Gasteiger partial charge in [0.05, 0.1) is 17.6 Å². The van der Waals surface area contributed by atoms with Gasteiger partial charge in [0.25, 0.3) is 0 Å².